The van der Waals surface area contributed by atoms with Crippen LogP contribution in [-0.2, 0) is 9.63 Å². The van der Waals surface area contributed by atoms with Gasteiger partial charge in [-0.3, -0.25) is 9.63 Å². The van der Waals surface area contributed by atoms with Crippen LogP contribution in [0.5, 0.6) is 0 Å². The molecule has 0 unspecified atom stereocenters. The second-order valence-electron chi connectivity index (χ2n) is 5.84. The Hall–Kier alpha value is -1.81. The van der Waals surface area contributed by atoms with Crippen molar-refractivity contribution >= 4 is 11.5 Å². The molecule has 0 bridgehead atoms. The molecule has 1 aromatic carbocycles. The zero-order valence-electron chi connectivity index (χ0n) is 12.9. The van der Waals surface area contributed by atoms with Crippen LogP contribution in [-0.4, -0.2) is 28.7 Å². The van der Waals surface area contributed by atoms with Crippen molar-refractivity contribution in [1.82, 2.24) is 5.06 Å². The first kappa shape index (κ1) is 14.6. The molecule has 0 saturated carbocycles. The van der Waals surface area contributed by atoms with Crippen molar-refractivity contribution in [3.8, 4) is 0 Å². The van der Waals surface area contributed by atoms with E-state index < -0.39 is 5.54 Å². The largest absolute Gasteiger partial charge is 0.509 e. The van der Waals surface area contributed by atoms with Gasteiger partial charge in [-0.15, -0.1) is 0 Å². The number of carbonyl (C=O) groups excluding carboxylic acids is 1. The Kier molecular flexibility index (Phi) is 3.38. The van der Waals surface area contributed by atoms with Crippen molar-refractivity contribution in [3.05, 3.63) is 40.1 Å². The molecule has 1 aromatic rings. The summed E-state index contributed by atoms with van der Waals surface area (Å²) in [4.78, 5) is 17.7. The van der Waals surface area contributed by atoms with E-state index >= 15 is 0 Å². The van der Waals surface area contributed by atoms with Crippen LogP contribution in [0.4, 0.5) is 0 Å². The number of rotatable bonds is 2. The molecule has 0 radical (unpaired) electrons. The number of hydroxylamine groups is 2. The van der Waals surface area contributed by atoms with Gasteiger partial charge in [-0.2, -0.15) is 0 Å². The van der Waals surface area contributed by atoms with E-state index in [2.05, 4.69) is 0 Å². The summed E-state index contributed by atoms with van der Waals surface area (Å²) in [6.07, 6.45) is 0. The summed E-state index contributed by atoms with van der Waals surface area (Å²) in [5.41, 5.74) is 3.37. The quantitative estimate of drug-likeness (QED) is 0.902. The molecule has 1 heterocycles. The molecule has 0 spiro atoms. The van der Waals surface area contributed by atoms with Gasteiger partial charge in [-0.05, 0) is 51.3 Å². The summed E-state index contributed by atoms with van der Waals surface area (Å²) in [6.45, 7) is 9.43. The minimum absolute atomic E-state index is 0.0550. The van der Waals surface area contributed by atoms with Crippen LogP contribution in [0.15, 0.2) is 17.9 Å². The molecule has 1 amide bonds. The van der Waals surface area contributed by atoms with Gasteiger partial charge in [0, 0.05) is 0 Å². The maximum atomic E-state index is 12.5. The fourth-order valence-electron chi connectivity index (χ4n) is 2.97. The number of aryl methyl sites for hydroxylation is 3. The van der Waals surface area contributed by atoms with Gasteiger partial charge in [0.25, 0.3) is 5.91 Å². The van der Waals surface area contributed by atoms with Crippen molar-refractivity contribution in [2.24, 2.45) is 0 Å². The SMILES string of the molecule is CON1C(=O)C(c2c(C)cc(C)cc2C)=C(O)C1(C)C. The topological polar surface area (TPSA) is 49.8 Å². The lowest BCUT2D eigenvalue weighted by Gasteiger charge is -2.28. The van der Waals surface area contributed by atoms with Crippen molar-refractivity contribution in [1.29, 1.82) is 0 Å². The normalized spacial score (nSPS) is 18.1. The summed E-state index contributed by atoms with van der Waals surface area (Å²) in [7, 11) is 1.44. The van der Waals surface area contributed by atoms with E-state index in [0.29, 0.717) is 5.57 Å². The third-order valence-electron chi connectivity index (χ3n) is 3.83. The molecule has 0 saturated heterocycles. The predicted octanol–water partition coefficient (Wildman–Crippen LogP) is 3.06. The fourth-order valence-corrected chi connectivity index (χ4v) is 2.97. The molecule has 108 valence electrons. The van der Waals surface area contributed by atoms with Gasteiger partial charge in [0.1, 0.15) is 11.3 Å². The van der Waals surface area contributed by atoms with Crippen molar-refractivity contribution in [2.45, 2.75) is 40.2 Å². The standard InChI is InChI=1S/C16H21NO3/c1-9-7-10(2)12(11(3)8-9)13-14(18)16(4,5)17(20-6)15(13)19/h7-8,18H,1-6H3. The molecule has 1 aliphatic rings. The molecular formula is C16H21NO3. The number of nitrogens with zero attached hydrogens (tertiary/aromatic N) is 1. The maximum Gasteiger partial charge on any atom is 0.282 e. The highest BCUT2D eigenvalue weighted by molar-refractivity contribution is 6.23. The second kappa shape index (κ2) is 4.63. The molecule has 2 rings (SSSR count). The molecule has 1 N–H and O–H groups in total. The van der Waals surface area contributed by atoms with E-state index in [1.165, 1.54) is 12.2 Å². The molecule has 20 heavy (non-hydrogen) atoms. The molecule has 0 atom stereocenters. The minimum Gasteiger partial charge on any atom is -0.509 e. The summed E-state index contributed by atoms with van der Waals surface area (Å²) < 4.78 is 0. The Balaban J connectivity index is 2.70. The second-order valence-corrected chi connectivity index (χ2v) is 5.84. The Morgan fingerprint density at radius 2 is 1.65 bits per heavy atom. The van der Waals surface area contributed by atoms with Gasteiger partial charge in [-0.25, -0.2) is 5.06 Å². The van der Waals surface area contributed by atoms with Crippen LogP contribution >= 0.6 is 0 Å². The summed E-state index contributed by atoms with van der Waals surface area (Å²) >= 11 is 0. The average molecular weight is 275 g/mol. The van der Waals surface area contributed by atoms with Crippen LogP contribution in [0.2, 0.25) is 0 Å². The molecule has 1 aliphatic heterocycles. The highest BCUT2D eigenvalue weighted by Crippen LogP contribution is 2.40. The lowest BCUT2D eigenvalue weighted by molar-refractivity contribution is -0.189. The summed E-state index contributed by atoms with van der Waals surface area (Å²) in [6, 6.07) is 4.02. The van der Waals surface area contributed by atoms with Crippen molar-refractivity contribution in [2.75, 3.05) is 7.11 Å². The van der Waals surface area contributed by atoms with Crippen LogP contribution in [0.3, 0.4) is 0 Å². The number of hydrogen-bond donors (Lipinski definition) is 1. The van der Waals surface area contributed by atoms with Crippen molar-refractivity contribution in [3.63, 3.8) is 0 Å². The first-order chi connectivity index (χ1) is 9.21. The molecule has 4 nitrogen and oxygen atoms in total. The van der Waals surface area contributed by atoms with E-state index in [9.17, 15) is 9.90 Å². The number of hydrogen-bond acceptors (Lipinski definition) is 3. The zero-order chi connectivity index (χ0) is 15.2. The Bertz CT molecular complexity index is 591. The van der Waals surface area contributed by atoms with E-state index in [1.54, 1.807) is 13.8 Å². The minimum atomic E-state index is -0.856. The highest BCUT2D eigenvalue weighted by atomic mass is 16.7. The van der Waals surface area contributed by atoms with Gasteiger partial charge in [0.15, 0.2) is 0 Å². The van der Waals surface area contributed by atoms with Crippen LogP contribution < -0.4 is 0 Å². The lowest BCUT2D eigenvalue weighted by Crippen LogP contribution is -2.42. The average Bonchev–Trinajstić information content (AvgIpc) is 2.47. The van der Waals surface area contributed by atoms with Gasteiger partial charge in [0.05, 0.1) is 12.7 Å². The first-order valence-electron chi connectivity index (χ1n) is 6.62. The molecule has 0 aromatic heterocycles. The van der Waals surface area contributed by atoms with Crippen molar-refractivity contribution < 1.29 is 14.7 Å². The lowest BCUT2D eigenvalue weighted by atomic mass is 9.91. The number of aliphatic hydroxyl groups is 1. The molecular weight excluding hydrogens is 254 g/mol. The smallest absolute Gasteiger partial charge is 0.282 e. The number of aliphatic hydroxyl groups excluding tert-OH is 1. The Morgan fingerprint density at radius 3 is 2.05 bits per heavy atom. The van der Waals surface area contributed by atoms with Crippen LogP contribution in [0, 0.1) is 20.8 Å². The molecule has 4 heteroatoms. The monoisotopic (exact) mass is 275 g/mol. The third kappa shape index (κ3) is 1.91. The summed E-state index contributed by atoms with van der Waals surface area (Å²) in [5.74, 6) is -0.246. The maximum absolute atomic E-state index is 12.5. The molecule has 0 fully saturated rings. The van der Waals surface area contributed by atoms with Crippen LogP contribution in [0.1, 0.15) is 36.1 Å². The number of amides is 1. The van der Waals surface area contributed by atoms with E-state index in [1.807, 2.05) is 32.9 Å². The number of carbonyl (C=O) groups is 1. The van der Waals surface area contributed by atoms with Gasteiger partial charge < -0.3 is 5.11 Å². The van der Waals surface area contributed by atoms with Crippen LogP contribution in [0.25, 0.3) is 5.57 Å². The number of benzene rings is 1. The third-order valence-corrected chi connectivity index (χ3v) is 3.83. The Morgan fingerprint density at radius 1 is 1.15 bits per heavy atom. The Labute approximate surface area is 119 Å². The summed E-state index contributed by atoms with van der Waals surface area (Å²) in [5, 5.41) is 11.7. The highest BCUT2D eigenvalue weighted by Gasteiger charge is 2.47. The van der Waals surface area contributed by atoms with Gasteiger partial charge in [0.2, 0.25) is 0 Å². The van der Waals surface area contributed by atoms with Gasteiger partial charge >= 0.3 is 0 Å². The zero-order valence-corrected chi connectivity index (χ0v) is 12.9. The van der Waals surface area contributed by atoms with Gasteiger partial charge in [-0.1, -0.05) is 17.7 Å². The molecule has 0 aliphatic carbocycles. The van der Waals surface area contributed by atoms with E-state index in [4.69, 9.17) is 4.84 Å². The van der Waals surface area contributed by atoms with E-state index in [0.717, 1.165) is 22.3 Å². The first-order valence-corrected chi connectivity index (χ1v) is 6.62. The van der Waals surface area contributed by atoms with E-state index in [-0.39, 0.29) is 11.7 Å². The predicted molar refractivity (Wildman–Crippen MR) is 78.1 cm³/mol. The fraction of sp³-hybridized carbons (Fsp3) is 0.438.